The molecule has 2 N–H and O–H groups in total. The zero-order valence-electron chi connectivity index (χ0n) is 14.3. The van der Waals surface area contributed by atoms with Crippen molar-refractivity contribution >= 4 is 27.9 Å². The quantitative estimate of drug-likeness (QED) is 0.736. The first-order chi connectivity index (χ1) is 12.0. The fourth-order valence-corrected chi connectivity index (χ4v) is 3.76. The van der Waals surface area contributed by atoms with E-state index < -0.39 is 6.04 Å². The monoisotopic (exact) mass is 406 g/mol. The molecule has 25 heavy (non-hydrogen) atoms. The largest absolute Gasteiger partial charge is 0.462 e. The van der Waals surface area contributed by atoms with Crippen LogP contribution in [-0.4, -0.2) is 18.6 Å². The molecule has 1 aromatic rings. The Morgan fingerprint density at radius 3 is 2.56 bits per heavy atom. The Labute approximate surface area is 156 Å². The Hall–Kier alpha value is -1.82. The number of carbonyl (C=O) groups excluding carboxylic acids is 2. The van der Waals surface area contributed by atoms with Crippen molar-refractivity contribution in [2.24, 2.45) is 5.92 Å². The third kappa shape index (κ3) is 4.42. The number of carbonyl (C=O) groups is 2. The van der Waals surface area contributed by atoms with E-state index in [9.17, 15) is 9.59 Å². The summed E-state index contributed by atoms with van der Waals surface area (Å²) in [4.78, 5) is 24.6. The minimum atomic E-state index is -0.499. The predicted octanol–water partition coefficient (Wildman–Crippen LogP) is 4.20. The molecule has 0 bridgehead atoms. The molecule has 1 aliphatic heterocycles. The number of esters is 1. The zero-order valence-corrected chi connectivity index (χ0v) is 15.9. The van der Waals surface area contributed by atoms with Gasteiger partial charge >= 0.3 is 12.0 Å². The van der Waals surface area contributed by atoms with E-state index in [0.717, 1.165) is 22.9 Å². The minimum Gasteiger partial charge on any atom is -0.462 e. The van der Waals surface area contributed by atoms with Gasteiger partial charge in [-0.25, -0.2) is 9.59 Å². The molecule has 1 saturated carbocycles. The van der Waals surface area contributed by atoms with Gasteiger partial charge in [0.15, 0.2) is 0 Å². The van der Waals surface area contributed by atoms with Crippen LogP contribution in [0.5, 0.6) is 0 Å². The number of hydrogen-bond acceptors (Lipinski definition) is 3. The van der Waals surface area contributed by atoms with Gasteiger partial charge in [-0.1, -0.05) is 47.3 Å². The Bertz CT molecular complexity index is 678. The second-order valence-electron chi connectivity index (χ2n) is 6.72. The molecule has 3 rings (SSSR count). The van der Waals surface area contributed by atoms with Crippen molar-refractivity contribution < 1.29 is 14.3 Å². The number of allylic oxidation sites excluding steroid dienone is 1. The number of amides is 2. The summed E-state index contributed by atoms with van der Waals surface area (Å²) in [5, 5.41) is 5.51. The maximum Gasteiger partial charge on any atom is 0.338 e. The molecule has 1 aliphatic carbocycles. The van der Waals surface area contributed by atoms with Gasteiger partial charge in [0.05, 0.1) is 18.2 Å². The molecule has 0 unspecified atom stereocenters. The predicted molar refractivity (Wildman–Crippen MR) is 98.8 cm³/mol. The van der Waals surface area contributed by atoms with Gasteiger partial charge in [0.2, 0.25) is 0 Å². The summed E-state index contributed by atoms with van der Waals surface area (Å²) in [5.74, 6) is 0.0966. The van der Waals surface area contributed by atoms with Crippen molar-refractivity contribution in [3.05, 3.63) is 45.6 Å². The third-order valence-corrected chi connectivity index (χ3v) is 5.40. The molecule has 2 amide bonds. The van der Waals surface area contributed by atoms with Crippen molar-refractivity contribution in [3.63, 3.8) is 0 Å². The summed E-state index contributed by atoms with van der Waals surface area (Å²) < 4.78 is 6.55. The van der Waals surface area contributed by atoms with Crippen LogP contribution in [0.15, 0.2) is 40.0 Å². The van der Waals surface area contributed by atoms with Gasteiger partial charge in [0, 0.05) is 10.2 Å². The SMILES string of the molecule is CC1=C(C(=O)OCC2CCCCC2)[C@@H](c2ccc(Br)cc2)NC(=O)N1. The lowest BCUT2D eigenvalue weighted by Crippen LogP contribution is -2.45. The maximum absolute atomic E-state index is 12.7. The van der Waals surface area contributed by atoms with E-state index in [1.807, 2.05) is 24.3 Å². The lowest BCUT2D eigenvalue weighted by molar-refractivity contribution is -0.141. The first kappa shape index (κ1) is 18.0. The van der Waals surface area contributed by atoms with Crippen LogP contribution in [0.2, 0.25) is 0 Å². The van der Waals surface area contributed by atoms with Crippen molar-refractivity contribution in [3.8, 4) is 0 Å². The van der Waals surface area contributed by atoms with Gasteiger partial charge in [0.25, 0.3) is 0 Å². The first-order valence-electron chi connectivity index (χ1n) is 8.75. The standard InChI is InChI=1S/C19H23BrN2O3/c1-12-16(18(23)25-11-13-5-3-2-4-6-13)17(22-19(24)21-12)14-7-9-15(20)10-8-14/h7-10,13,17H,2-6,11H2,1H3,(H2,21,22,24)/t17-/m1/s1. The number of halogens is 1. The van der Waals surface area contributed by atoms with E-state index in [4.69, 9.17) is 4.74 Å². The van der Waals surface area contributed by atoms with Gasteiger partial charge in [-0.2, -0.15) is 0 Å². The van der Waals surface area contributed by atoms with Crippen molar-refractivity contribution in [2.45, 2.75) is 45.1 Å². The van der Waals surface area contributed by atoms with Gasteiger partial charge < -0.3 is 15.4 Å². The highest BCUT2D eigenvalue weighted by atomic mass is 79.9. The van der Waals surface area contributed by atoms with Gasteiger partial charge in [-0.3, -0.25) is 0 Å². The molecule has 0 spiro atoms. The fourth-order valence-electron chi connectivity index (χ4n) is 3.49. The molecule has 2 aliphatic rings. The van der Waals surface area contributed by atoms with E-state index in [2.05, 4.69) is 26.6 Å². The van der Waals surface area contributed by atoms with Crippen LogP contribution < -0.4 is 10.6 Å². The number of hydrogen-bond donors (Lipinski definition) is 2. The van der Waals surface area contributed by atoms with Crippen LogP contribution in [-0.2, 0) is 9.53 Å². The van der Waals surface area contributed by atoms with Crippen LogP contribution >= 0.6 is 15.9 Å². The summed E-state index contributed by atoms with van der Waals surface area (Å²) >= 11 is 3.40. The highest BCUT2D eigenvalue weighted by Crippen LogP contribution is 2.29. The molecule has 0 aromatic heterocycles. The fraction of sp³-hybridized carbons (Fsp3) is 0.474. The first-order valence-corrected chi connectivity index (χ1v) is 9.55. The average Bonchev–Trinajstić information content (AvgIpc) is 2.60. The van der Waals surface area contributed by atoms with Crippen LogP contribution in [0, 0.1) is 5.92 Å². The van der Waals surface area contributed by atoms with E-state index in [1.165, 1.54) is 19.3 Å². The van der Waals surface area contributed by atoms with E-state index in [0.29, 0.717) is 23.8 Å². The van der Waals surface area contributed by atoms with Gasteiger partial charge in [0.1, 0.15) is 0 Å². The van der Waals surface area contributed by atoms with Crippen LogP contribution in [0.1, 0.15) is 50.6 Å². The van der Waals surface area contributed by atoms with Gasteiger partial charge in [-0.05, 0) is 43.4 Å². The Kier molecular flexibility index (Phi) is 5.78. The Balaban J connectivity index is 1.76. The number of rotatable bonds is 4. The Morgan fingerprint density at radius 1 is 1.20 bits per heavy atom. The number of ether oxygens (including phenoxy) is 1. The summed E-state index contributed by atoms with van der Waals surface area (Å²) in [6, 6.07) is 6.76. The van der Waals surface area contributed by atoms with Crippen molar-refractivity contribution in [1.82, 2.24) is 10.6 Å². The van der Waals surface area contributed by atoms with E-state index in [1.54, 1.807) is 6.92 Å². The molecule has 1 atom stereocenters. The molecule has 6 heteroatoms. The maximum atomic E-state index is 12.7. The third-order valence-electron chi connectivity index (χ3n) is 4.87. The van der Waals surface area contributed by atoms with E-state index >= 15 is 0 Å². The molecule has 1 heterocycles. The molecule has 1 fully saturated rings. The normalized spacial score (nSPS) is 21.5. The smallest absolute Gasteiger partial charge is 0.338 e. The van der Waals surface area contributed by atoms with Crippen molar-refractivity contribution in [2.75, 3.05) is 6.61 Å². The average molecular weight is 407 g/mol. The topological polar surface area (TPSA) is 67.4 Å². The number of nitrogens with one attached hydrogen (secondary N) is 2. The molecular formula is C19H23BrN2O3. The summed E-state index contributed by atoms with van der Waals surface area (Å²) in [6.07, 6.45) is 5.94. The lowest BCUT2D eigenvalue weighted by Gasteiger charge is -2.29. The molecule has 1 aromatic carbocycles. The zero-order chi connectivity index (χ0) is 17.8. The number of urea groups is 1. The van der Waals surface area contributed by atoms with Crippen LogP contribution in [0.25, 0.3) is 0 Å². The minimum absolute atomic E-state index is 0.311. The molecule has 5 nitrogen and oxygen atoms in total. The summed E-state index contributed by atoms with van der Waals surface area (Å²) in [6.45, 7) is 2.19. The summed E-state index contributed by atoms with van der Waals surface area (Å²) in [5.41, 5.74) is 1.87. The second-order valence-corrected chi connectivity index (χ2v) is 7.64. The highest BCUT2D eigenvalue weighted by Gasteiger charge is 2.32. The van der Waals surface area contributed by atoms with Crippen LogP contribution in [0.3, 0.4) is 0 Å². The molecule has 134 valence electrons. The van der Waals surface area contributed by atoms with E-state index in [-0.39, 0.29) is 12.0 Å². The molecule has 0 radical (unpaired) electrons. The molecule has 0 saturated heterocycles. The highest BCUT2D eigenvalue weighted by molar-refractivity contribution is 9.10. The van der Waals surface area contributed by atoms with Crippen molar-refractivity contribution in [1.29, 1.82) is 0 Å². The lowest BCUT2D eigenvalue weighted by atomic mass is 9.90. The van der Waals surface area contributed by atoms with Crippen LogP contribution in [0.4, 0.5) is 4.79 Å². The number of benzene rings is 1. The molecular weight excluding hydrogens is 384 g/mol. The summed E-state index contributed by atoms with van der Waals surface area (Å²) in [7, 11) is 0. The van der Waals surface area contributed by atoms with Gasteiger partial charge in [-0.15, -0.1) is 0 Å². The second kappa shape index (κ2) is 8.04. The Morgan fingerprint density at radius 2 is 1.88 bits per heavy atom.